The number of rotatable bonds is 6. The number of aromatic nitrogens is 2. The topological polar surface area (TPSA) is 51.0 Å². The van der Waals surface area contributed by atoms with E-state index in [-0.39, 0.29) is 11.5 Å². The van der Waals surface area contributed by atoms with Crippen LogP contribution >= 0.6 is 0 Å². The highest BCUT2D eigenvalue weighted by atomic mass is 19.1. The monoisotopic (exact) mass is 281 g/mol. The van der Waals surface area contributed by atoms with Crippen LogP contribution in [0.15, 0.2) is 16.5 Å². The zero-order valence-electron chi connectivity index (χ0n) is 11.5. The Morgan fingerprint density at radius 2 is 1.95 bits per heavy atom. The van der Waals surface area contributed by atoms with Gasteiger partial charge in [0.15, 0.2) is 0 Å². The average molecular weight is 281 g/mol. The van der Waals surface area contributed by atoms with Gasteiger partial charge < -0.3 is 9.73 Å². The molecular formula is C14H17F2N3O. The molecule has 0 spiro atoms. The minimum atomic E-state index is -0.701. The molecule has 1 N–H and O–H groups in total. The molecule has 0 unspecified atom stereocenters. The lowest BCUT2D eigenvalue weighted by molar-refractivity contribution is 0.490. The summed E-state index contributed by atoms with van der Waals surface area (Å²) in [6.45, 7) is 5.29. The number of halogens is 2. The molecule has 0 aliphatic carbocycles. The zero-order valence-corrected chi connectivity index (χ0v) is 11.5. The van der Waals surface area contributed by atoms with E-state index in [1.54, 1.807) is 6.92 Å². The van der Waals surface area contributed by atoms with Crippen LogP contribution in [0.1, 0.15) is 24.8 Å². The SMILES string of the molecule is CCCNCCc1nnc(-c2cc(C)c(F)cc2F)o1. The second kappa shape index (κ2) is 6.56. The van der Waals surface area contributed by atoms with E-state index in [0.717, 1.165) is 25.6 Å². The van der Waals surface area contributed by atoms with E-state index in [2.05, 4.69) is 22.4 Å². The van der Waals surface area contributed by atoms with Crippen molar-refractivity contribution in [3.63, 3.8) is 0 Å². The molecule has 20 heavy (non-hydrogen) atoms. The van der Waals surface area contributed by atoms with E-state index < -0.39 is 11.6 Å². The van der Waals surface area contributed by atoms with Crippen molar-refractivity contribution in [1.82, 2.24) is 15.5 Å². The Balaban J connectivity index is 2.10. The summed E-state index contributed by atoms with van der Waals surface area (Å²) in [7, 11) is 0. The van der Waals surface area contributed by atoms with Gasteiger partial charge in [-0.3, -0.25) is 0 Å². The Kier molecular flexibility index (Phi) is 4.79. The number of hydrogen-bond donors (Lipinski definition) is 1. The van der Waals surface area contributed by atoms with Crippen molar-refractivity contribution >= 4 is 0 Å². The van der Waals surface area contributed by atoms with Gasteiger partial charge in [-0.2, -0.15) is 0 Å². The Bertz CT molecular complexity index is 584. The molecule has 0 saturated carbocycles. The van der Waals surface area contributed by atoms with Crippen molar-refractivity contribution in [2.24, 2.45) is 0 Å². The maximum Gasteiger partial charge on any atom is 0.250 e. The predicted octanol–water partition coefficient (Wildman–Crippen LogP) is 2.87. The molecule has 0 atom stereocenters. The molecule has 0 fully saturated rings. The van der Waals surface area contributed by atoms with Crippen molar-refractivity contribution in [1.29, 1.82) is 0 Å². The molecule has 2 rings (SSSR count). The van der Waals surface area contributed by atoms with E-state index in [1.807, 2.05) is 0 Å². The number of benzene rings is 1. The fraction of sp³-hybridized carbons (Fsp3) is 0.429. The molecule has 0 aliphatic rings. The van der Waals surface area contributed by atoms with Crippen LogP contribution < -0.4 is 5.32 Å². The standard InChI is InChI=1S/C14H17F2N3O/c1-3-5-17-6-4-13-18-19-14(20-13)10-7-9(2)11(15)8-12(10)16/h7-8,17H,3-6H2,1-2H3. The zero-order chi connectivity index (χ0) is 14.5. The number of aryl methyl sites for hydroxylation is 1. The summed E-state index contributed by atoms with van der Waals surface area (Å²) in [4.78, 5) is 0. The molecule has 0 bridgehead atoms. The van der Waals surface area contributed by atoms with Crippen LogP contribution in [-0.2, 0) is 6.42 Å². The molecule has 2 aromatic rings. The van der Waals surface area contributed by atoms with Crippen LogP contribution in [0.3, 0.4) is 0 Å². The number of nitrogens with zero attached hydrogens (tertiary/aromatic N) is 2. The third-order valence-electron chi connectivity index (χ3n) is 2.89. The minimum absolute atomic E-state index is 0.0797. The van der Waals surface area contributed by atoms with Crippen LogP contribution in [0, 0.1) is 18.6 Å². The summed E-state index contributed by atoms with van der Waals surface area (Å²) in [5.74, 6) is -0.775. The lowest BCUT2D eigenvalue weighted by Gasteiger charge is -2.01. The molecule has 6 heteroatoms. The second-order valence-corrected chi connectivity index (χ2v) is 4.58. The maximum absolute atomic E-state index is 13.7. The summed E-state index contributed by atoms with van der Waals surface area (Å²) in [5, 5.41) is 10.9. The van der Waals surface area contributed by atoms with Crippen molar-refractivity contribution in [2.75, 3.05) is 13.1 Å². The van der Waals surface area contributed by atoms with Gasteiger partial charge in [0.2, 0.25) is 5.89 Å². The van der Waals surface area contributed by atoms with Crippen molar-refractivity contribution in [3.05, 3.63) is 35.2 Å². The van der Waals surface area contributed by atoms with Crippen LogP contribution in [0.4, 0.5) is 8.78 Å². The molecule has 108 valence electrons. The number of hydrogen-bond acceptors (Lipinski definition) is 4. The molecule has 1 heterocycles. The quantitative estimate of drug-likeness (QED) is 0.827. The van der Waals surface area contributed by atoms with E-state index in [9.17, 15) is 8.78 Å². The maximum atomic E-state index is 13.7. The average Bonchev–Trinajstić information content (AvgIpc) is 2.87. The van der Waals surface area contributed by atoms with Gasteiger partial charge in [0.05, 0.1) is 5.56 Å². The van der Waals surface area contributed by atoms with E-state index in [4.69, 9.17) is 4.42 Å². The predicted molar refractivity (Wildman–Crippen MR) is 71.3 cm³/mol. The first-order valence-corrected chi connectivity index (χ1v) is 6.61. The first-order chi connectivity index (χ1) is 9.61. The van der Waals surface area contributed by atoms with Gasteiger partial charge in [0.25, 0.3) is 5.89 Å². The lowest BCUT2D eigenvalue weighted by atomic mass is 10.1. The van der Waals surface area contributed by atoms with Crippen molar-refractivity contribution in [3.8, 4) is 11.5 Å². The van der Waals surface area contributed by atoms with Gasteiger partial charge in [-0.05, 0) is 31.5 Å². The van der Waals surface area contributed by atoms with Gasteiger partial charge in [0.1, 0.15) is 11.6 Å². The van der Waals surface area contributed by atoms with Crippen LogP contribution in [0.2, 0.25) is 0 Å². The van der Waals surface area contributed by atoms with E-state index >= 15 is 0 Å². The van der Waals surface area contributed by atoms with Gasteiger partial charge in [0, 0.05) is 19.0 Å². The lowest BCUT2D eigenvalue weighted by Crippen LogP contribution is -2.17. The van der Waals surface area contributed by atoms with Gasteiger partial charge >= 0.3 is 0 Å². The minimum Gasteiger partial charge on any atom is -0.421 e. The summed E-state index contributed by atoms with van der Waals surface area (Å²) >= 11 is 0. The summed E-state index contributed by atoms with van der Waals surface area (Å²) in [5.41, 5.74) is 0.468. The number of nitrogens with one attached hydrogen (secondary N) is 1. The van der Waals surface area contributed by atoms with Crippen LogP contribution in [0.25, 0.3) is 11.5 Å². The highest BCUT2D eigenvalue weighted by molar-refractivity contribution is 5.55. The highest BCUT2D eigenvalue weighted by Gasteiger charge is 2.15. The van der Waals surface area contributed by atoms with Crippen molar-refractivity contribution in [2.45, 2.75) is 26.7 Å². The first kappa shape index (κ1) is 14.6. The first-order valence-electron chi connectivity index (χ1n) is 6.61. The third kappa shape index (κ3) is 3.39. The van der Waals surface area contributed by atoms with E-state index in [1.165, 1.54) is 6.07 Å². The molecular weight excluding hydrogens is 264 g/mol. The summed E-state index contributed by atoms with van der Waals surface area (Å²) in [6.07, 6.45) is 1.63. The van der Waals surface area contributed by atoms with Crippen LogP contribution in [-0.4, -0.2) is 23.3 Å². The Labute approximate surface area is 116 Å². The Morgan fingerprint density at radius 3 is 2.70 bits per heavy atom. The molecule has 0 amide bonds. The fourth-order valence-corrected chi connectivity index (χ4v) is 1.78. The smallest absolute Gasteiger partial charge is 0.250 e. The third-order valence-corrected chi connectivity index (χ3v) is 2.89. The molecule has 0 saturated heterocycles. The molecule has 0 radical (unpaired) electrons. The van der Waals surface area contributed by atoms with Gasteiger partial charge in [-0.15, -0.1) is 10.2 Å². The largest absolute Gasteiger partial charge is 0.421 e. The second-order valence-electron chi connectivity index (χ2n) is 4.58. The van der Waals surface area contributed by atoms with Gasteiger partial charge in [-0.1, -0.05) is 6.92 Å². The van der Waals surface area contributed by atoms with Gasteiger partial charge in [-0.25, -0.2) is 8.78 Å². The summed E-state index contributed by atoms with van der Waals surface area (Å²) in [6, 6.07) is 2.20. The Hall–Kier alpha value is -1.82. The van der Waals surface area contributed by atoms with Crippen molar-refractivity contribution < 1.29 is 13.2 Å². The summed E-state index contributed by atoms with van der Waals surface area (Å²) < 4.78 is 32.3. The molecule has 4 nitrogen and oxygen atoms in total. The fourth-order valence-electron chi connectivity index (χ4n) is 1.78. The molecule has 1 aromatic heterocycles. The molecule has 0 aliphatic heterocycles. The molecule has 1 aromatic carbocycles. The Morgan fingerprint density at radius 1 is 1.15 bits per heavy atom. The normalized spacial score (nSPS) is 11.0. The van der Waals surface area contributed by atoms with E-state index in [0.29, 0.717) is 17.9 Å². The highest BCUT2D eigenvalue weighted by Crippen LogP contribution is 2.24. The van der Waals surface area contributed by atoms with Crippen LogP contribution in [0.5, 0.6) is 0 Å².